The van der Waals surface area contributed by atoms with Crippen molar-refractivity contribution in [3.05, 3.63) is 22.4 Å². The van der Waals surface area contributed by atoms with Crippen molar-refractivity contribution in [2.75, 3.05) is 20.3 Å². The maximum Gasteiger partial charge on any atom is 0.242 e. The van der Waals surface area contributed by atoms with Crippen molar-refractivity contribution in [2.24, 2.45) is 5.41 Å². The Morgan fingerprint density at radius 3 is 2.60 bits per heavy atom. The van der Waals surface area contributed by atoms with Crippen molar-refractivity contribution in [1.82, 2.24) is 9.71 Å². The molecule has 0 saturated heterocycles. The van der Waals surface area contributed by atoms with Gasteiger partial charge in [0.05, 0.1) is 5.02 Å². The van der Waals surface area contributed by atoms with Crippen LogP contribution in [0.3, 0.4) is 0 Å². The molecule has 114 valence electrons. The van der Waals surface area contributed by atoms with Crippen LogP contribution in [0.1, 0.15) is 20.3 Å². The molecule has 0 unspecified atom stereocenters. The average Bonchev–Trinajstić information content (AvgIpc) is 2.37. The van der Waals surface area contributed by atoms with Gasteiger partial charge in [0, 0.05) is 26.5 Å². The number of methoxy groups -OCH3 is 1. The number of sulfonamides is 1. The summed E-state index contributed by atoms with van der Waals surface area (Å²) in [5.74, 6) is 0. The predicted octanol–water partition coefficient (Wildman–Crippen LogP) is 2.73. The first-order chi connectivity index (χ1) is 9.18. The van der Waals surface area contributed by atoms with Gasteiger partial charge in [0.1, 0.15) is 10.0 Å². The smallest absolute Gasteiger partial charge is 0.242 e. The zero-order chi connectivity index (χ0) is 15.4. The molecule has 0 aliphatic heterocycles. The summed E-state index contributed by atoms with van der Waals surface area (Å²) in [4.78, 5) is 3.73. The Morgan fingerprint density at radius 2 is 2.05 bits per heavy atom. The summed E-state index contributed by atoms with van der Waals surface area (Å²) in [6, 6.07) is 1.28. The Balaban J connectivity index is 2.77. The van der Waals surface area contributed by atoms with Crippen molar-refractivity contribution in [3.8, 4) is 0 Å². The quantitative estimate of drug-likeness (QED) is 0.775. The number of rotatable bonds is 7. The SMILES string of the molecule is COCCC(C)(C)CNS(=O)(=O)c1cnc(Cl)c(Cl)c1. The molecule has 0 aliphatic rings. The topological polar surface area (TPSA) is 68.3 Å². The normalized spacial score (nSPS) is 12.7. The Labute approximate surface area is 129 Å². The highest BCUT2D eigenvalue weighted by Crippen LogP contribution is 2.23. The molecule has 1 aromatic rings. The molecular weight excluding hydrogens is 323 g/mol. The standard InChI is InChI=1S/C12H18Cl2N2O3S/c1-12(2,4-5-19-3)8-16-20(17,18)9-6-10(13)11(14)15-7-9/h6-7,16H,4-5,8H2,1-3H3. The molecule has 0 aromatic carbocycles. The minimum absolute atomic E-state index is 0.00515. The van der Waals surface area contributed by atoms with Gasteiger partial charge in [0.25, 0.3) is 0 Å². The van der Waals surface area contributed by atoms with E-state index >= 15 is 0 Å². The Kier molecular flexibility index (Phi) is 6.22. The number of nitrogens with one attached hydrogen (secondary N) is 1. The number of hydrogen-bond acceptors (Lipinski definition) is 4. The van der Waals surface area contributed by atoms with Crippen LogP contribution in [0.2, 0.25) is 10.2 Å². The molecule has 0 aliphatic carbocycles. The minimum Gasteiger partial charge on any atom is -0.385 e. The lowest BCUT2D eigenvalue weighted by Gasteiger charge is -2.24. The summed E-state index contributed by atoms with van der Waals surface area (Å²) < 4.78 is 31.8. The van der Waals surface area contributed by atoms with Gasteiger partial charge in [-0.15, -0.1) is 0 Å². The fourth-order valence-electron chi connectivity index (χ4n) is 1.39. The Bertz CT molecular complexity index is 562. The molecule has 0 bridgehead atoms. The lowest BCUT2D eigenvalue weighted by Crippen LogP contribution is -2.34. The molecule has 0 atom stereocenters. The van der Waals surface area contributed by atoms with E-state index in [9.17, 15) is 8.42 Å². The number of aromatic nitrogens is 1. The van der Waals surface area contributed by atoms with E-state index in [1.165, 1.54) is 12.3 Å². The largest absolute Gasteiger partial charge is 0.385 e. The highest BCUT2D eigenvalue weighted by Gasteiger charge is 2.23. The van der Waals surface area contributed by atoms with Crippen LogP contribution in [0.5, 0.6) is 0 Å². The van der Waals surface area contributed by atoms with Crippen LogP contribution < -0.4 is 4.72 Å². The van der Waals surface area contributed by atoms with E-state index < -0.39 is 10.0 Å². The van der Waals surface area contributed by atoms with E-state index in [2.05, 4.69) is 9.71 Å². The van der Waals surface area contributed by atoms with Crippen LogP contribution in [0.4, 0.5) is 0 Å². The van der Waals surface area contributed by atoms with Crippen LogP contribution in [0.15, 0.2) is 17.2 Å². The molecule has 0 fully saturated rings. The van der Waals surface area contributed by atoms with Crippen LogP contribution in [-0.4, -0.2) is 33.7 Å². The third kappa shape index (κ3) is 5.18. The molecule has 1 aromatic heterocycles. The van der Waals surface area contributed by atoms with Crippen LogP contribution in [-0.2, 0) is 14.8 Å². The summed E-state index contributed by atoms with van der Waals surface area (Å²) >= 11 is 11.4. The molecule has 0 spiro atoms. The average molecular weight is 341 g/mol. The molecule has 0 saturated carbocycles. The first-order valence-electron chi connectivity index (χ1n) is 5.97. The molecule has 1 heterocycles. The van der Waals surface area contributed by atoms with E-state index in [4.69, 9.17) is 27.9 Å². The maximum absolute atomic E-state index is 12.1. The number of halogens is 2. The summed E-state index contributed by atoms with van der Waals surface area (Å²) in [7, 11) is -2.04. The molecule has 20 heavy (non-hydrogen) atoms. The van der Waals surface area contributed by atoms with Crippen molar-refractivity contribution >= 4 is 33.2 Å². The molecule has 1 N–H and O–H groups in total. The Hall–Kier alpha value is -0.400. The van der Waals surface area contributed by atoms with Gasteiger partial charge >= 0.3 is 0 Å². The second-order valence-electron chi connectivity index (χ2n) is 5.18. The number of nitrogens with zero attached hydrogens (tertiary/aromatic N) is 1. The molecule has 0 amide bonds. The predicted molar refractivity (Wildman–Crippen MR) is 79.7 cm³/mol. The highest BCUT2D eigenvalue weighted by atomic mass is 35.5. The molecule has 0 radical (unpaired) electrons. The number of pyridine rings is 1. The van der Waals surface area contributed by atoms with Crippen molar-refractivity contribution in [3.63, 3.8) is 0 Å². The maximum atomic E-state index is 12.1. The molecule has 5 nitrogen and oxygen atoms in total. The van der Waals surface area contributed by atoms with Gasteiger partial charge in [-0.05, 0) is 17.9 Å². The van der Waals surface area contributed by atoms with Gasteiger partial charge < -0.3 is 4.74 Å². The van der Waals surface area contributed by atoms with E-state index in [1.807, 2.05) is 13.8 Å². The summed E-state index contributed by atoms with van der Waals surface area (Å²) in [5, 5.41) is 0.180. The third-order valence-electron chi connectivity index (χ3n) is 2.81. The number of ether oxygens (including phenoxy) is 1. The van der Waals surface area contributed by atoms with Crippen molar-refractivity contribution in [2.45, 2.75) is 25.2 Å². The second kappa shape index (κ2) is 7.04. The van der Waals surface area contributed by atoms with Gasteiger partial charge in [0.2, 0.25) is 10.0 Å². The van der Waals surface area contributed by atoms with Crippen molar-refractivity contribution in [1.29, 1.82) is 0 Å². The Morgan fingerprint density at radius 1 is 1.40 bits per heavy atom. The van der Waals surface area contributed by atoms with Gasteiger partial charge in [0.15, 0.2) is 0 Å². The van der Waals surface area contributed by atoms with Gasteiger partial charge in [-0.2, -0.15) is 0 Å². The minimum atomic E-state index is -3.65. The fraction of sp³-hybridized carbons (Fsp3) is 0.583. The molecule has 8 heteroatoms. The molecule has 1 rings (SSSR count). The van der Waals surface area contributed by atoms with Gasteiger partial charge in [-0.1, -0.05) is 37.0 Å². The lowest BCUT2D eigenvalue weighted by atomic mass is 9.90. The first-order valence-corrected chi connectivity index (χ1v) is 8.21. The van der Waals surface area contributed by atoms with Gasteiger partial charge in [-0.3, -0.25) is 0 Å². The molecular formula is C12H18Cl2N2O3S. The summed E-state index contributed by atoms with van der Waals surface area (Å²) in [6.07, 6.45) is 1.92. The zero-order valence-electron chi connectivity index (χ0n) is 11.6. The van der Waals surface area contributed by atoms with Crippen molar-refractivity contribution < 1.29 is 13.2 Å². The fourth-order valence-corrected chi connectivity index (χ4v) is 2.94. The summed E-state index contributed by atoms with van der Waals surface area (Å²) in [6.45, 7) is 4.78. The second-order valence-corrected chi connectivity index (χ2v) is 7.71. The highest BCUT2D eigenvalue weighted by molar-refractivity contribution is 7.89. The third-order valence-corrected chi connectivity index (χ3v) is 4.86. The van der Waals surface area contributed by atoms with E-state index in [0.29, 0.717) is 13.2 Å². The van der Waals surface area contributed by atoms with E-state index in [1.54, 1.807) is 7.11 Å². The van der Waals surface area contributed by atoms with E-state index in [-0.39, 0.29) is 20.5 Å². The summed E-state index contributed by atoms with van der Waals surface area (Å²) in [5.41, 5.74) is -0.216. The van der Waals surface area contributed by atoms with Crippen LogP contribution in [0, 0.1) is 5.41 Å². The van der Waals surface area contributed by atoms with E-state index in [0.717, 1.165) is 6.42 Å². The lowest BCUT2D eigenvalue weighted by molar-refractivity contribution is 0.153. The monoisotopic (exact) mass is 340 g/mol. The van der Waals surface area contributed by atoms with Gasteiger partial charge in [-0.25, -0.2) is 18.1 Å². The van der Waals surface area contributed by atoms with Crippen LogP contribution >= 0.6 is 23.2 Å². The van der Waals surface area contributed by atoms with Crippen LogP contribution in [0.25, 0.3) is 0 Å². The number of hydrogen-bond donors (Lipinski definition) is 1. The first kappa shape index (κ1) is 17.7. The zero-order valence-corrected chi connectivity index (χ0v) is 13.9.